The van der Waals surface area contributed by atoms with Crippen LogP contribution in [0.2, 0.25) is 5.02 Å². The Kier molecular flexibility index (Phi) is 6.95. The molecule has 6 nitrogen and oxygen atoms in total. The quantitative estimate of drug-likeness (QED) is 0.514. The lowest BCUT2D eigenvalue weighted by Gasteiger charge is -2.11. The van der Waals surface area contributed by atoms with E-state index in [0.717, 1.165) is 19.3 Å². The molecule has 158 valence electrons. The zero-order valence-corrected chi connectivity index (χ0v) is 18.5. The first-order valence-corrected chi connectivity index (χ1v) is 11.6. The van der Waals surface area contributed by atoms with Gasteiger partial charge in [-0.1, -0.05) is 61.7 Å². The lowest BCUT2D eigenvalue weighted by molar-refractivity contribution is 0.0977. The van der Waals surface area contributed by atoms with Crippen molar-refractivity contribution in [3.05, 3.63) is 71.0 Å². The molecule has 0 bridgehead atoms. The minimum Gasteiger partial charge on any atom is -0.333 e. The molecular weight excluding hydrogens is 422 g/mol. The predicted molar refractivity (Wildman–Crippen MR) is 118 cm³/mol. The third-order valence-corrected chi connectivity index (χ3v) is 6.52. The Morgan fingerprint density at radius 3 is 2.53 bits per heavy atom. The zero-order valence-electron chi connectivity index (χ0n) is 16.9. The van der Waals surface area contributed by atoms with E-state index in [1.165, 1.54) is 12.3 Å². The molecule has 0 saturated carbocycles. The van der Waals surface area contributed by atoms with Crippen LogP contribution in [0.25, 0.3) is 11.4 Å². The molecule has 0 radical (unpaired) electrons. The Hall–Kier alpha value is -2.64. The van der Waals surface area contributed by atoms with Gasteiger partial charge in [0.15, 0.2) is 0 Å². The minimum absolute atomic E-state index is 0.000501. The van der Waals surface area contributed by atoms with Crippen molar-refractivity contribution in [1.82, 2.24) is 14.3 Å². The summed E-state index contributed by atoms with van der Waals surface area (Å²) in [5.41, 5.74) is 1.35. The second kappa shape index (κ2) is 9.45. The van der Waals surface area contributed by atoms with Gasteiger partial charge < -0.3 is 4.57 Å². The minimum atomic E-state index is -4.03. The van der Waals surface area contributed by atoms with Gasteiger partial charge in [0, 0.05) is 18.8 Å². The van der Waals surface area contributed by atoms with Crippen LogP contribution in [0.3, 0.4) is 0 Å². The van der Waals surface area contributed by atoms with Crippen LogP contribution in [0.5, 0.6) is 0 Å². The standard InChI is InChI=1S/C22H24ClN3O3S/c1-3-4-5-10-16-11-6-9-14-20(16)30(28,29)25-22(27)19-15-26(2)21(24-19)17-12-7-8-13-18(17)23/h6-9,11-15H,3-5,10H2,1-2H3,(H,25,27). The number of imidazole rings is 1. The average Bonchev–Trinajstić information content (AvgIpc) is 3.10. The van der Waals surface area contributed by atoms with Crippen LogP contribution in [-0.2, 0) is 23.5 Å². The van der Waals surface area contributed by atoms with Crippen molar-refractivity contribution in [2.75, 3.05) is 0 Å². The highest BCUT2D eigenvalue weighted by Gasteiger charge is 2.24. The molecule has 3 rings (SSSR count). The number of halogens is 1. The van der Waals surface area contributed by atoms with E-state index in [4.69, 9.17) is 11.6 Å². The van der Waals surface area contributed by atoms with E-state index in [0.29, 0.717) is 28.4 Å². The highest BCUT2D eigenvalue weighted by Crippen LogP contribution is 2.26. The first-order valence-electron chi connectivity index (χ1n) is 9.76. The number of benzene rings is 2. The molecule has 2 aromatic carbocycles. The summed E-state index contributed by atoms with van der Waals surface area (Å²) in [4.78, 5) is 17.1. The molecule has 0 aliphatic rings. The Morgan fingerprint density at radius 2 is 1.80 bits per heavy atom. The van der Waals surface area contributed by atoms with Gasteiger partial charge in [-0.25, -0.2) is 18.1 Å². The largest absolute Gasteiger partial charge is 0.333 e. The van der Waals surface area contributed by atoms with Crippen molar-refractivity contribution in [2.45, 2.75) is 37.5 Å². The van der Waals surface area contributed by atoms with Crippen LogP contribution in [0.1, 0.15) is 42.2 Å². The molecule has 0 fully saturated rings. The maximum absolute atomic E-state index is 12.9. The molecule has 0 atom stereocenters. The van der Waals surface area contributed by atoms with Gasteiger partial charge in [0.05, 0.1) is 9.92 Å². The van der Waals surface area contributed by atoms with Gasteiger partial charge in [0.25, 0.3) is 15.9 Å². The maximum atomic E-state index is 12.9. The van der Waals surface area contributed by atoms with Crippen molar-refractivity contribution in [2.24, 2.45) is 7.05 Å². The third kappa shape index (κ3) is 4.91. The molecule has 0 spiro atoms. The van der Waals surface area contributed by atoms with Gasteiger partial charge in [-0.15, -0.1) is 0 Å². The molecule has 0 unspecified atom stereocenters. The summed E-state index contributed by atoms with van der Waals surface area (Å²) in [6.45, 7) is 2.09. The van der Waals surface area contributed by atoms with Gasteiger partial charge in [0.1, 0.15) is 11.5 Å². The van der Waals surface area contributed by atoms with Gasteiger partial charge >= 0.3 is 0 Å². The highest BCUT2D eigenvalue weighted by molar-refractivity contribution is 7.90. The van der Waals surface area contributed by atoms with E-state index in [-0.39, 0.29) is 10.6 Å². The summed E-state index contributed by atoms with van der Waals surface area (Å²) in [5.74, 6) is -0.310. The number of nitrogens with one attached hydrogen (secondary N) is 1. The summed E-state index contributed by atoms with van der Waals surface area (Å²) in [6, 6.07) is 13.9. The van der Waals surface area contributed by atoms with Crippen molar-refractivity contribution >= 4 is 27.5 Å². The number of hydrogen-bond donors (Lipinski definition) is 1. The third-order valence-electron chi connectivity index (χ3n) is 4.76. The Labute approximate surface area is 182 Å². The molecule has 1 amide bonds. The molecule has 30 heavy (non-hydrogen) atoms. The predicted octanol–water partition coefficient (Wildman–Crippen LogP) is 4.59. The van der Waals surface area contributed by atoms with Crippen molar-refractivity contribution in [1.29, 1.82) is 0 Å². The number of nitrogens with zero attached hydrogens (tertiary/aromatic N) is 2. The fourth-order valence-corrected chi connectivity index (χ4v) is 4.69. The summed E-state index contributed by atoms with van der Waals surface area (Å²) < 4.78 is 29.6. The Balaban J connectivity index is 1.85. The molecule has 8 heteroatoms. The van der Waals surface area contributed by atoms with Crippen LogP contribution < -0.4 is 4.72 Å². The second-order valence-electron chi connectivity index (χ2n) is 7.04. The van der Waals surface area contributed by atoms with E-state index < -0.39 is 15.9 Å². The Morgan fingerprint density at radius 1 is 1.10 bits per heavy atom. The number of carbonyl (C=O) groups excluding carboxylic acids is 1. The van der Waals surface area contributed by atoms with E-state index in [1.54, 1.807) is 48.0 Å². The lowest BCUT2D eigenvalue weighted by Crippen LogP contribution is -2.31. The van der Waals surface area contributed by atoms with Gasteiger partial charge in [-0.05, 0) is 36.6 Å². The molecular formula is C22H24ClN3O3S. The van der Waals surface area contributed by atoms with Crippen molar-refractivity contribution in [3.63, 3.8) is 0 Å². The monoisotopic (exact) mass is 445 g/mol. The van der Waals surface area contributed by atoms with E-state index in [1.807, 2.05) is 6.07 Å². The maximum Gasteiger partial charge on any atom is 0.285 e. The van der Waals surface area contributed by atoms with E-state index >= 15 is 0 Å². The van der Waals surface area contributed by atoms with Crippen LogP contribution in [0.4, 0.5) is 0 Å². The van der Waals surface area contributed by atoms with Gasteiger partial charge in [-0.3, -0.25) is 4.79 Å². The van der Waals surface area contributed by atoms with Gasteiger partial charge in [-0.2, -0.15) is 0 Å². The van der Waals surface area contributed by atoms with Crippen LogP contribution in [-0.4, -0.2) is 23.9 Å². The molecule has 1 aromatic heterocycles. The normalized spacial score (nSPS) is 11.4. The summed E-state index contributed by atoms with van der Waals surface area (Å²) in [5, 5.41) is 0.492. The number of rotatable bonds is 8. The molecule has 1 heterocycles. The van der Waals surface area contributed by atoms with Crippen LogP contribution >= 0.6 is 11.6 Å². The van der Waals surface area contributed by atoms with Crippen molar-refractivity contribution in [3.8, 4) is 11.4 Å². The summed E-state index contributed by atoms with van der Waals surface area (Å²) >= 11 is 6.23. The SMILES string of the molecule is CCCCCc1ccccc1S(=O)(=O)NC(=O)c1cn(C)c(-c2ccccc2Cl)n1. The average molecular weight is 446 g/mol. The first-order chi connectivity index (χ1) is 14.3. The molecule has 3 aromatic rings. The van der Waals surface area contributed by atoms with E-state index in [2.05, 4.69) is 16.6 Å². The van der Waals surface area contributed by atoms with E-state index in [9.17, 15) is 13.2 Å². The molecule has 0 aliphatic heterocycles. The number of amides is 1. The highest BCUT2D eigenvalue weighted by atomic mass is 35.5. The van der Waals surface area contributed by atoms with Gasteiger partial charge in [0.2, 0.25) is 0 Å². The zero-order chi connectivity index (χ0) is 21.7. The fraction of sp³-hybridized carbons (Fsp3) is 0.273. The number of carbonyl (C=O) groups is 1. The Bertz CT molecular complexity index is 1160. The smallest absolute Gasteiger partial charge is 0.285 e. The number of aryl methyl sites for hydroxylation is 2. The first kappa shape index (κ1) is 22.1. The van der Waals surface area contributed by atoms with Crippen LogP contribution in [0.15, 0.2) is 59.6 Å². The summed E-state index contributed by atoms with van der Waals surface area (Å²) in [7, 11) is -2.30. The topological polar surface area (TPSA) is 81.1 Å². The molecule has 0 saturated heterocycles. The van der Waals surface area contributed by atoms with Crippen LogP contribution in [0, 0.1) is 0 Å². The van der Waals surface area contributed by atoms with Crippen molar-refractivity contribution < 1.29 is 13.2 Å². The fourth-order valence-electron chi connectivity index (χ4n) is 3.24. The lowest BCUT2D eigenvalue weighted by atomic mass is 10.1. The number of aromatic nitrogens is 2. The number of sulfonamides is 1. The molecule has 1 N–H and O–H groups in total. The second-order valence-corrected chi connectivity index (χ2v) is 9.10. The molecule has 0 aliphatic carbocycles. The number of unbranched alkanes of at least 4 members (excludes halogenated alkanes) is 2. The summed E-state index contributed by atoms with van der Waals surface area (Å²) in [6.07, 6.45) is 5.06. The number of hydrogen-bond acceptors (Lipinski definition) is 4.